The largest absolute Gasteiger partial charge is 0.293 e. The summed E-state index contributed by atoms with van der Waals surface area (Å²) in [5.74, 6) is -0.859. The van der Waals surface area contributed by atoms with Crippen molar-refractivity contribution in [1.29, 1.82) is 0 Å². The van der Waals surface area contributed by atoms with Crippen LogP contribution >= 0.6 is 11.6 Å². The van der Waals surface area contributed by atoms with E-state index in [1.54, 1.807) is 54.6 Å². The lowest BCUT2D eigenvalue weighted by Gasteiger charge is -2.22. The van der Waals surface area contributed by atoms with E-state index in [1.165, 1.54) is 0 Å². The van der Waals surface area contributed by atoms with Gasteiger partial charge in [0.2, 0.25) is 5.91 Å². The zero-order valence-corrected chi connectivity index (χ0v) is 14.9. The second kappa shape index (κ2) is 8.25. The summed E-state index contributed by atoms with van der Waals surface area (Å²) in [6.07, 6.45) is 1.44. The lowest BCUT2D eigenvalue weighted by atomic mass is 10.1. The Balaban J connectivity index is 1.62. The summed E-state index contributed by atoms with van der Waals surface area (Å²) in [6.45, 7) is 0.788. The van der Waals surface area contributed by atoms with Crippen molar-refractivity contribution in [3.8, 4) is 0 Å². The molecule has 1 heterocycles. The van der Waals surface area contributed by atoms with Crippen LogP contribution in [0.3, 0.4) is 0 Å². The number of nitrogens with one attached hydrogen (secondary N) is 1. The van der Waals surface area contributed by atoms with Crippen LogP contribution in [-0.4, -0.2) is 41.6 Å². The summed E-state index contributed by atoms with van der Waals surface area (Å²) in [5.41, 5.74) is 0.989. The lowest BCUT2D eigenvalue weighted by Crippen LogP contribution is -2.46. The first kappa shape index (κ1) is 18.3. The number of carbonyl (C=O) groups is 3. The Bertz CT molecular complexity index is 806. The zero-order chi connectivity index (χ0) is 18.5. The quantitative estimate of drug-likeness (QED) is 0.649. The van der Waals surface area contributed by atoms with E-state index in [2.05, 4.69) is 5.32 Å². The maximum atomic E-state index is 12.5. The van der Waals surface area contributed by atoms with Crippen LogP contribution in [0.2, 0.25) is 5.02 Å². The smallest absolute Gasteiger partial charge is 0.257 e. The molecule has 1 aliphatic heterocycles. The Morgan fingerprint density at radius 1 is 1.00 bits per heavy atom. The third-order valence-corrected chi connectivity index (χ3v) is 4.70. The van der Waals surface area contributed by atoms with Crippen molar-refractivity contribution < 1.29 is 14.4 Å². The molecule has 1 fully saturated rings. The Morgan fingerprint density at radius 2 is 1.69 bits per heavy atom. The number of hydrogen-bond donors (Lipinski definition) is 1. The summed E-state index contributed by atoms with van der Waals surface area (Å²) < 4.78 is 0. The molecule has 6 heteroatoms. The molecule has 2 amide bonds. The van der Waals surface area contributed by atoms with Crippen LogP contribution in [0.1, 0.15) is 33.6 Å². The number of hydrogen-bond acceptors (Lipinski definition) is 4. The average Bonchev–Trinajstić information content (AvgIpc) is 3.11. The molecular weight excluding hydrogens is 352 g/mol. The lowest BCUT2D eigenvalue weighted by molar-refractivity contribution is -0.124. The Labute approximate surface area is 156 Å². The van der Waals surface area contributed by atoms with E-state index in [-0.39, 0.29) is 18.2 Å². The minimum atomic E-state index is -0.473. The molecule has 3 rings (SSSR count). The van der Waals surface area contributed by atoms with Crippen molar-refractivity contribution in [2.24, 2.45) is 0 Å². The second-order valence-electron chi connectivity index (χ2n) is 6.24. The SMILES string of the molecule is O=C(CN1CCC[C@@H]1C(=O)NC(=O)c1ccccc1)c1ccc(Cl)cc1. The molecule has 2 aromatic rings. The topological polar surface area (TPSA) is 66.5 Å². The molecule has 1 N–H and O–H groups in total. The van der Waals surface area contributed by atoms with Crippen molar-refractivity contribution in [2.45, 2.75) is 18.9 Å². The molecule has 1 atom stereocenters. The first-order valence-corrected chi connectivity index (χ1v) is 8.85. The molecule has 0 saturated carbocycles. The number of ketones is 1. The van der Waals surface area contributed by atoms with Crippen LogP contribution in [0.4, 0.5) is 0 Å². The van der Waals surface area contributed by atoms with Gasteiger partial charge < -0.3 is 0 Å². The predicted octanol–water partition coefficient (Wildman–Crippen LogP) is 2.94. The Hall–Kier alpha value is -2.50. The summed E-state index contributed by atoms with van der Waals surface area (Å²) in [5, 5.41) is 3.01. The molecule has 0 spiro atoms. The highest BCUT2D eigenvalue weighted by atomic mass is 35.5. The molecule has 134 valence electrons. The van der Waals surface area contributed by atoms with Gasteiger partial charge in [0.1, 0.15) is 0 Å². The van der Waals surface area contributed by atoms with E-state index in [4.69, 9.17) is 11.6 Å². The van der Waals surface area contributed by atoms with Crippen molar-refractivity contribution in [1.82, 2.24) is 10.2 Å². The zero-order valence-electron chi connectivity index (χ0n) is 14.2. The van der Waals surface area contributed by atoms with E-state index in [1.807, 2.05) is 4.90 Å². The maximum absolute atomic E-state index is 12.5. The summed E-state index contributed by atoms with van der Waals surface area (Å²) in [6, 6.07) is 14.8. The van der Waals surface area contributed by atoms with Gasteiger partial charge in [0.15, 0.2) is 5.78 Å². The first-order valence-electron chi connectivity index (χ1n) is 8.47. The molecule has 0 aromatic heterocycles. The molecule has 5 nitrogen and oxygen atoms in total. The molecule has 1 saturated heterocycles. The minimum Gasteiger partial charge on any atom is -0.293 e. The number of halogens is 1. The third-order valence-electron chi connectivity index (χ3n) is 4.45. The van der Waals surface area contributed by atoms with E-state index in [9.17, 15) is 14.4 Å². The number of likely N-dealkylation sites (tertiary alicyclic amines) is 1. The molecular formula is C20H19ClN2O3. The van der Waals surface area contributed by atoms with Crippen LogP contribution in [0.25, 0.3) is 0 Å². The highest BCUT2D eigenvalue weighted by Crippen LogP contribution is 2.19. The summed E-state index contributed by atoms with van der Waals surface area (Å²) in [7, 11) is 0. The Morgan fingerprint density at radius 3 is 2.38 bits per heavy atom. The van der Waals surface area contributed by atoms with Crippen LogP contribution in [0, 0.1) is 0 Å². The van der Waals surface area contributed by atoms with E-state index >= 15 is 0 Å². The molecule has 26 heavy (non-hydrogen) atoms. The monoisotopic (exact) mass is 370 g/mol. The Kier molecular flexibility index (Phi) is 5.81. The first-order chi connectivity index (χ1) is 12.5. The number of amides is 2. The predicted molar refractivity (Wildman–Crippen MR) is 99.3 cm³/mol. The van der Waals surface area contributed by atoms with Gasteiger partial charge in [0.25, 0.3) is 5.91 Å². The van der Waals surface area contributed by atoms with Crippen molar-refractivity contribution in [3.05, 3.63) is 70.7 Å². The normalized spacial score (nSPS) is 17.0. The molecule has 1 aliphatic rings. The van der Waals surface area contributed by atoms with Crippen LogP contribution in [0.15, 0.2) is 54.6 Å². The van der Waals surface area contributed by atoms with Gasteiger partial charge in [0, 0.05) is 16.1 Å². The number of Topliss-reactive ketones (excluding diaryl/α,β-unsaturated/α-hetero) is 1. The molecule has 0 radical (unpaired) electrons. The third kappa shape index (κ3) is 4.36. The molecule has 0 bridgehead atoms. The van der Waals surface area contributed by atoms with Gasteiger partial charge in [-0.05, 0) is 55.8 Å². The van der Waals surface area contributed by atoms with Gasteiger partial charge in [-0.15, -0.1) is 0 Å². The standard InChI is InChI=1S/C20H19ClN2O3/c21-16-10-8-14(9-11-16)18(24)13-23-12-4-7-17(23)20(26)22-19(25)15-5-2-1-3-6-15/h1-3,5-6,8-11,17H,4,7,12-13H2,(H,22,25,26)/t17-/m1/s1. The minimum absolute atomic E-state index is 0.0734. The fourth-order valence-corrected chi connectivity index (χ4v) is 3.21. The number of nitrogens with zero attached hydrogens (tertiary/aromatic N) is 1. The van der Waals surface area contributed by atoms with Gasteiger partial charge in [-0.3, -0.25) is 24.6 Å². The molecule has 0 aliphatic carbocycles. The number of benzene rings is 2. The highest BCUT2D eigenvalue weighted by Gasteiger charge is 2.32. The number of carbonyl (C=O) groups excluding carboxylic acids is 3. The van der Waals surface area contributed by atoms with Crippen LogP contribution < -0.4 is 5.32 Å². The second-order valence-corrected chi connectivity index (χ2v) is 6.68. The highest BCUT2D eigenvalue weighted by molar-refractivity contribution is 6.30. The van der Waals surface area contributed by atoms with Crippen molar-refractivity contribution >= 4 is 29.2 Å². The van der Waals surface area contributed by atoms with Crippen LogP contribution in [0.5, 0.6) is 0 Å². The molecule has 0 unspecified atom stereocenters. The van der Waals surface area contributed by atoms with E-state index in [0.29, 0.717) is 29.1 Å². The van der Waals surface area contributed by atoms with Gasteiger partial charge in [-0.2, -0.15) is 0 Å². The van der Waals surface area contributed by atoms with E-state index in [0.717, 1.165) is 6.42 Å². The van der Waals surface area contributed by atoms with Gasteiger partial charge in [-0.1, -0.05) is 29.8 Å². The van der Waals surface area contributed by atoms with Gasteiger partial charge >= 0.3 is 0 Å². The van der Waals surface area contributed by atoms with Crippen LogP contribution in [-0.2, 0) is 4.79 Å². The summed E-state index contributed by atoms with van der Waals surface area (Å²) >= 11 is 5.84. The van der Waals surface area contributed by atoms with Gasteiger partial charge in [0.05, 0.1) is 12.6 Å². The fourth-order valence-electron chi connectivity index (χ4n) is 3.08. The fraction of sp³-hybridized carbons (Fsp3) is 0.250. The maximum Gasteiger partial charge on any atom is 0.257 e. The number of imide groups is 1. The van der Waals surface area contributed by atoms with Gasteiger partial charge in [-0.25, -0.2) is 0 Å². The summed E-state index contributed by atoms with van der Waals surface area (Å²) in [4.78, 5) is 38.9. The van der Waals surface area contributed by atoms with E-state index < -0.39 is 11.9 Å². The average molecular weight is 371 g/mol. The molecule has 2 aromatic carbocycles. The number of rotatable bonds is 5. The van der Waals surface area contributed by atoms with Crippen molar-refractivity contribution in [2.75, 3.05) is 13.1 Å². The van der Waals surface area contributed by atoms with Crippen molar-refractivity contribution in [3.63, 3.8) is 0 Å².